The number of sulfonamides is 1. The fourth-order valence-electron chi connectivity index (χ4n) is 2.62. The minimum atomic E-state index is -3.62. The van der Waals surface area contributed by atoms with Crippen molar-refractivity contribution in [1.82, 2.24) is 14.6 Å². The van der Waals surface area contributed by atoms with E-state index in [4.69, 9.17) is 0 Å². The van der Waals surface area contributed by atoms with E-state index in [-0.39, 0.29) is 18.2 Å². The number of amides is 2. The maximum absolute atomic E-state index is 12.5. The maximum Gasteiger partial charge on any atom is 0.255 e. The third kappa shape index (κ3) is 4.32. The molecule has 1 saturated heterocycles. The molecule has 24 heavy (non-hydrogen) atoms. The summed E-state index contributed by atoms with van der Waals surface area (Å²) in [4.78, 5) is 30.4. The number of nitrogens with one attached hydrogen (secondary N) is 1. The Bertz CT molecular complexity index is 753. The molecule has 2 amide bonds. The summed E-state index contributed by atoms with van der Waals surface area (Å²) in [6, 6.07) is 1.66. The van der Waals surface area contributed by atoms with Crippen LogP contribution in [0.15, 0.2) is 22.9 Å². The highest BCUT2D eigenvalue weighted by Gasteiger charge is 2.43. The van der Waals surface area contributed by atoms with E-state index < -0.39 is 21.3 Å². The topological polar surface area (TPSA) is 96.4 Å². The summed E-state index contributed by atoms with van der Waals surface area (Å²) in [7, 11) is -3.62. The van der Waals surface area contributed by atoms with Crippen LogP contribution in [0.2, 0.25) is 0 Å². The summed E-state index contributed by atoms with van der Waals surface area (Å²) in [6.07, 6.45) is 3.89. The van der Waals surface area contributed by atoms with Gasteiger partial charge in [0.15, 0.2) is 0 Å². The third-order valence-electron chi connectivity index (χ3n) is 3.98. The Hall–Kier alpha value is -1.48. The summed E-state index contributed by atoms with van der Waals surface area (Å²) in [6.45, 7) is 3.97. The Morgan fingerprint density at radius 2 is 2.12 bits per heavy atom. The van der Waals surface area contributed by atoms with E-state index in [1.165, 1.54) is 6.20 Å². The minimum absolute atomic E-state index is 0.0961. The molecule has 7 nitrogen and oxygen atoms in total. The van der Waals surface area contributed by atoms with Gasteiger partial charge in [0.2, 0.25) is 15.9 Å². The smallest absolute Gasteiger partial charge is 0.255 e. The molecule has 0 spiro atoms. The van der Waals surface area contributed by atoms with Crippen LogP contribution in [0.25, 0.3) is 0 Å². The Balaban J connectivity index is 2.08. The van der Waals surface area contributed by atoms with Crippen LogP contribution in [0.3, 0.4) is 0 Å². The van der Waals surface area contributed by atoms with Crippen molar-refractivity contribution in [3.8, 4) is 0 Å². The number of rotatable bonds is 5. The van der Waals surface area contributed by atoms with E-state index >= 15 is 0 Å². The summed E-state index contributed by atoms with van der Waals surface area (Å²) < 4.78 is 26.4. The highest BCUT2D eigenvalue weighted by Crippen LogP contribution is 2.31. The lowest BCUT2D eigenvalue weighted by Crippen LogP contribution is -2.44. The predicted octanol–water partition coefficient (Wildman–Crippen LogP) is 1.55. The highest BCUT2D eigenvalue weighted by molar-refractivity contribution is 9.10. The number of likely N-dealkylation sites (tertiary alicyclic amines) is 1. The monoisotopic (exact) mass is 417 g/mol. The second-order valence-corrected chi connectivity index (χ2v) is 8.94. The zero-order valence-corrected chi connectivity index (χ0v) is 16.0. The molecule has 1 N–H and O–H groups in total. The number of pyridine rings is 1. The summed E-state index contributed by atoms with van der Waals surface area (Å²) in [5, 5.41) is 0. The second-order valence-electron chi connectivity index (χ2n) is 6.18. The average Bonchev–Trinajstić information content (AvgIpc) is 2.90. The number of carbonyl (C=O) groups excluding carboxylic acids is 2. The van der Waals surface area contributed by atoms with Crippen molar-refractivity contribution in [3.63, 3.8) is 0 Å². The average molecular weight is 418 g/mol. The van der Waals surface area contributed by atoms with Crippen molar-refractivity contribution in [2.45, 2.75) is 26.7 Å². The van der Waals surface area contributed by atoms with E-state index in [0.717, 1.165) is 0 Å². The van der Waals surface area contributed by atoms with Gasteiger partial charge in [0.05, 0.1) is 16.7 Å². The number of halogens is 1. The lowest BCUT2D eigenvalue weighted by Gasteiger charge is -2.23. The summed E-state index contributed by atoms with van der Waals surface area (Å²) >= 11 is 3.27. The van der Waals surface area contributed by atoms with Gasteiger partial charge in [0, 0.05) is 30.0 Å². The minimum Gasteiger partial charge on any atom is -0.337 e. The van der Waals surface area contributed by atoms with Gasteiger partial charge in [0.1, 0.15) is 0 Å². The Labute approximate surface area is 150 Å². The maximum atomic E-state index is 12.5. The Kier molecular flexibility index (Phi) is 5.64. The Morgan fingerprint density at radius 1 is 1.42 bits per heavy atom. The van der Waals surface area contributed by atoms with Crippen molar-refractivity contribution in [2.75, 3.05) is 18.8 Å². The number of hydrogen-bond donors (Lipinski definition) is 1. The van der Waals surface area contributed by atoms with E-state index in [1.807, 2.05) is 0 Å². The van der Waals surface area contributed by atoms with Crippen LogP contribution in [0.1, 0.15) is 37.0 Å². The molecule has 0 aromatic carbocycles. The molecule has 0 bridgehead atoms. The van der Waals surface area contributed by atoms with Gasteiger partial charge in [-0.1, -0.05) is 6.92 Å². The van der Waals surface area contributed by atoms with Crippen LogP contribution in [0.5, 0.6) is 0 Å². The van der Waals surface area contributed by atoms with Gasteiger partial charge in [-0.25, -0.2) is 8.42 Å². The molecule has 2 rings (SSSR count). The molecule has 0 aliphatic carbocycles. The van der Waals surface area contributed by atoms with Crippen molar-refractivity contribution in [2.24, 2.45) is 5.41 Å². The molecule has 1 aromatic rings. The lowest BCUT2D eigenvalue weighted by atomic mass is 9.89. The number of hydrogen-bond acceptors (Lipinski definition) is 5. The van der Waals surface area contributed by atoms with Gasteiger partial charge < -0.3 is 4.90 Å². The van der Waals surface area contributed by atoms with Gasteiger partial charge in [-0.2, -0.15) is 0 Å². The van der Waals surface area contributed by atoms with Crippen LogP contribution in [-0.2, 0) is 14.8 Å². The van der Waals surface area contributed by atoms with Gasteiger partial charge >= 0.3 is 0 Å². The standard InChI is InChI=1S/C15H20BrN3O4S/c1-3-6-24(22,23)18-14(21)15(2)4-5-19(10-15)13(20)11-7-12(16)9-17-8-11/h7-9H,3-6,10H2,1-2H3,(H,18,21). The molecule has 1 fully saturated rings. The van der Waals surface area contributed by atoms with Gasteiger partial charge in [-0.3, -0.25) is 19.3 Å². The Morgan fingerprint density at radius 3 is 2.75 bits per heavy atom. The molecule has 0 radical (unpaired) electrons. The number of aromatic nitrogens is 1. The molecular weight excluding hydrogens is 398 g/mol. The first-order valence-electron chi connectivity index (χ1n) is 7.61. The van der Waals surface area contributed by atoms with Gasteiger partial charge in [-0.15, -0.1) is 0 Å². The van der Waals surface area contributed by atoms with Crippen LogP contribution in [-0.4, -0.2) is 49.0 Å². The molecule has 9 heteroatoms. The molecule has 1 aromatic heterocycles. The highest BCUT2D eigenvalue weighted by atomic mass is 79.9. The lowest BCUT2D eigenvalue weighted by molar-refractivity contribution is -0.127. The van der Waals surface area contributed by atoms with Crippen molar-refractivity contribution >= 4 is 37.8 Å². The van der Waals surface area contributed by atoms with Crippen molar-refractivity contribution in [1.29, 1.82) is 0 Å². The fourth-order valence-corrected chi connectivity index (χ4v) is 4.15. The fraction of sp³-hybridized carbons (Fsp3) is 0.533. The van der Waals surface area contributed by atoms with E-state index in [2.05, 4.69) is 25.6 Å². The first kappa shape index (κ1) is 18.9. The molecular formula is C15H20BrN3O4S. The van der Waals surface area contributed by atoms with Crippen LogP contribution in [0.4, 0.5) is 0 Å². The van der Waals surface area contributed by atoms with E-state index in [0.29, 0.717) is 29.4 Å². The SMILES string of the molecule is CCCS(=O)(=O)NC(=O)C1(C)CCN(C(=O)c2cncc(Br)c2)C1. The quantitative estimate of drug-likeness (QED) is 0.783. The second kappa shape index (κ2) is 7.18. The predicted molar refractivity (Wildman–Crippen MR) is 92.8 cm³/mol. The van der Waals surface area contributed by atoms with Crippen LogP contribution in [0, 0.1) is 5.41 Å². The molecule has 2 heterocycles. The molecule has 1 unspecified atom stereocenters. The molecule has 1 atom stereocenters. The van der Waals surface area contributed by atoms with Crippen molar-refractivity contribution in [3.05, 3.63) is 28.5 Å². The third-order valence-corrected chi connectivity index (χ3v) is 5.86. The summed E-state index contributed by atoms with van der Waals surface area (Å²) in [5.41, 5.74) is -0.497. The van der Waals surface area contributed by atoms with Crippen LogP contribution < -0.4 is 4.72 Å². The van der Waals surface area contributed by atoms with Gasteiger partial charge in [-0.05, 0) is 41.8 Å². The zero-order chi connectivity index (χ0) is 18.0. The molecule has 132 valence electrons. The summed E-state index contributed by atoms with van der Waals surface area (Å²) in [5.74, 6) is -0.878. The molecule has 0 saturated carbocycles. The number of nitrogens with zero attached hydrogens (tertiary/aromatic N) is 2. The van der Waals surface area contributed by atoms with Crippen molar-refractivity contribution < 1.29 is 18.0 Å². The first-order chi connectivity index (χ1) is 11.2. The zero-order valence-electron chi connectivity index (χ0n) is 13.6. The molecule has 1 aliphatic heterocycles. The number of carbonyl (C=O) groups is 2. The van der Waals surface area contributed by atoms with E-state index in [9.17, 15) is 18.0 Å². The van der Waals surface area contributed by atoms with Crippen LogP contribution >= 0.6 is 15.9 Å². The largest absolute Gasteiger partial charge is 0.337 e. The normalized spacial score (nSPS) is 20.9. The first-order valence-corrected chi connectivity index (χ1v) is 10.1. The van der Waals surface area contributed by atoms with E-state index in [1.54, 1.807) is 31.0 Å². The van der Waals surface area contributed by atoms with Gasteiger partial charge in [0.25, 0.3) is 5.91 Å². The molecule has 1 aliphatic rings.